The first-order chi connectivity index (χ1) is 5.59. The normalized spacial score (nSPS) is 22.8. The first kappa shape index (κ1) is 10.9. The largest absolute Gasteiger partial charge is 0.158 e. The van der Waals surface area contributed by atoms with Gasteiger partial charge in [-0.15, -0.1) is 0 Å². The summed E-state index contributed by atoms with van der Waals surface area (Å²) in [7, 11) is 0. The van der Waals surface area contributed by atoms with Gasteiger partial charge < -0.3 is 0 Å². The number of thioether (sulfide) groups is 1. The predicted molar refractivity (Wildman–Crippen MR) is 62.2 cm³/mol. The second-order valence-electron chi connectivity index (χ2n) is 4.39. The van der Waals surface area contributed by atoms with Gasteiger partial charge in [0.05, 0.1) is 0 Å². The van der Waals surface area contributed by atoms with Gasteiger partial charge in [-0.05, 0) is 29.9 Å². The van der Waals surface area contributed by atoms with Gasteiger partial charge in [-0.2, -0.15) is 11.8 Å². The van der Waals surface area contributed by atoms with E-state index in [0.717, 1.165) is 11.2 Å². The molecule has 0 N–H and O–H groups in total. The van der Waals surface area contributed by atoms with Crippen LogP contribution in [0.2, 0.25) is 0 Å². The first-order valence-corrected chi connectivity index (χ1v) is 6.94. The second kappa shape index (κ2) is 4.36. The van der Waals surface area contributed by atoms with E-state index in [-0.39, 0.29) is 0 Å². The van der Waals surface area contributed by atoms with Crippen molar-refractivity contribution >= 4 is 27.7 Å². The van der Waals surface area contributed by atoms with Gasteiger partial charge in [0.15, 0.2) is 0 Å². The van der Waals surface area contributed by atoms with Gasteiger partial charge in [-0.3, -0.25) is 0 Å². The molecule has 0 aromatic heterocycles. The standard InChI is InChI=1S/C10H19BrS/c1-8(2)9(3)12-7-10(6-11)4-5-10/h8-9H,4-7H2,1-3H3. The van der Waals surface area contributed by atoms with E-state index in [2.05, 4.69) is 48.5 Å². The lowest BCUT2D eigenvalue weighted by atomic mass is 10.2. The summed E-state index contributed by atoms with van der Waals surface area (Å²) in [4.78, 5) is 0. The van der Waals surface area contributed by atoms with Crippen LogP contribution in [0.1, 0.15) is 33.6 Å². The van der Waals surface area contributed by atoms with Crippen LogP contribution in [-0.4, -0.2) is 16.3 Å². The summed E-state index contributed by atoms with van der Waals surface area (Å²) < 4.78 is 0. The molecule has 0 spiro atoms. The van der Waals surface area contributed by atoms with Crippen LogP contribution in [0.25, 0.3) is 0 Å². The predicted octanol–water partition coefficient (Wildman–Crippen LogP) is 3.94. The van der Waals surface area contributed by atoms with Crippen LogP contribution < -0.4 is 0 Å². The van der Waals surface area contributed by atoms with Crippen LogP contribution >= 0.6 is 27.7 Å². The van der Waals surface area contributed by atoms with Crippen LogP contribution in [0.15, 0.2) is 0 Å². The van der Waals surface area contributed by atoms with Gasteiger partial charge in [0, 0.05) is 10.6 Å². The van der Waals surface area contributed by atoms with Crippen LogP contribution in [0.3, 0.4) is 0 Å². The molecule has 0 bridgehead atoms. The summed E-state index contributed by atoms with van der Waals surface area (Å²) >= 11 is 5.76. The molecule has 0 amide bonds. The molecule has 1 atom stereocenters. The van der Waals surface area contributed by atoms with Crippen molar-refractivity contribution in [3.8, 4) is 0 Å². The van der Waals surface area contributed by atoms with Gasteiger partial charge in [0.1, 0.15) is 0 Å². The molecule has 0 radical (unpaired) electrons. The molecule has 0 aromatic carbocycles. The Morgan fingerprint density at radius 2 is 1.92 bits per heavy atom. The molecule has 1 aliphatic rings. The van der Waals surface area contributed by atoms with Crippen molar-refractivity contribution in [1.82, 2.24) is 0 Å². The highest BCUT2D eigenvalue weighted by molar-refractivity contribution is 9.09. The minimum Gasteiger partial charge on any atom is -0.158 e. The average Bonchev–Trinajstić information content (AvgIpc) is 2.81. The zero-order valence-corrected chi connectivity index (χ0v) is 10.7. The summed E-state index contributed by atoms with van der Waals surface area (Å²) in [5.41, 5.74) is 0.688. The Morgan fingerprint density at radius 3 is 2.25 bits per heavy atom. The van der Waals surface area contributed by atoms with Crippen LogP contribution in [0, 0.1) is 11.3 Å². The molecule has 1 aliphatic carbocycles. The third kappa shape index (κ3) is 2.95. The van der Waals surface area contributed by atoms with Crippen molar-refractivity contribution in [1.29, 1.82) is 0 Å². The topological polar surface area (TPSA) is 0 Å². The number of hydrogen-bond donors (Lipinski definition) is 0. The molecule has 0 aliphatic heterocycles. The lowest BCUT2D eigenvalue weighted by Gasteiger charge is -2.18. The molecule has 1 unspecified atom stereocenters. The minimum atomic E-state index is 0.688. The van der Waals surface area contributed by atoms with Crippen molar-refractivity contribution in [2.45, 2.75) is 38.9 Å². The van der Waals surface area contributed by atoms with E-state index in [1.807, 2.05) is 0 Å². The number of halogens is 1. The van der Waals surface area contributed by atoms with Crippen LogP contribution in [0.4, 0.5) is 0 Å². The third-order valence-electron chi connectivity index (χ3n) is 2.83. The van der Waals surface area contributed by atoms with E-state index in [1.165, 1.54) is 23.9 Å². The average molecular weight is 251 g/mol. The van der Waals surface area contributed by atoms with Crippen molar-refractivity contribution in [3.63, 3.8) is 0 Å². The third-order valence-corrected chi connectivity index (χ3v) is 5.87. The van der Waals surface area contributed by atoms with E-state index in [9.17, 15) is 0 Å². The lowest BCUT2D eigenvalue weighted by molar-refractivity contribution is 0.631. The quantitative estimate of drug-likeness (QED) is 0.667. The Balaban J connectivity index is 2.17. The Bertz CT molecular complexity index is 141. The highest BCUT2D eigenvalue weighted by Crippen LogP contribution is 2.50. The van der Waals surface area contributed by atoms with Crippen molar-refractivity contribution in [2.75, 3.05) is 11.1 Å². The maximum atomic E-state index is 3.61. The van der Waals surface area contributed by atoms with E-state index in [1.54, 1.807) is 0 Å². The smallest absolute Gasteiger partial charge is 0.00958 e. The van der Waals surface area contributed by atoms with Crippen molar-refractivity contribution in [2.24, 2.45) is 11.3 Å². The number of rotatable bonds is 5. The monoisotopic (exact) mass is 250 g/mol. The summed E-state index contributed by atoms with van der Waals surface area (Å²) in [6.45, 7) is 6.97. The maximum Gasteiger partial charge on any atom is 0.00958 e. The molecule has 1 fully saturated rings. The molecule has 2 heteroatoms. The fourth-order valence-electron chi connectivity index (χ4n) is 0.994. The minimum absolute atomic E-state index is 0.688. The molecule has 1 saturated carbocycles. The van der Waals surface area contributed by atoms with Crippen molar-refractivity contribution in [3.05, 3.63) is 0 Å². The number of alkyl halides is 1. The Morgan fingerprint density at radius 1 is 1.33 bits per heavy atom. The summed E-state index contributed by atoms with van der Waals surface area (Å²) in [5, 5.41) is 2.03. The van der Waals surface area contributed by atoms with Crippen molar-refractivity contribution < 1.29 is 0 Å². The lowest BCUT2D eigenvalue weighted by Crippen LogP contribution is -2.12. The van der Waals surface area contributed by atoms with E-state index < -0.39 is 0 Å². The fourth-order valence-corrected chi connectivity index (χ4v) is 3.41. The van der Waals surface area contributed by atoms with Gasteiger partial charge >= 0.3 is 0 Å². The molecule has 0 nitrogen and oxygen atoms in total. The zero-order valence-electron chi connectivity index (χ0n) is 8.27. The van der Waals surface area contributed by atoms with Gasteiger partial charge in [0.25, 0.3) is 0 Å². The maximum absolute atomic E-state index is 3.61. The zero-order chi connectivity index (χ0) is 9.19. The Kier molecular flexibility index (Phi) is 3.97. The Labute approximate surface area is 89.0 Å². The molecule has 0 aromatic rings. The molecular formula is C10H19BrS. The van der Waals surface area contributed by atoms with Gasteiger partial charge in [-0.1, -0.05) is 36.7 Å². The van der Waals surface area contributed by atoms with Crippen LogP contribution in [-0.2, 0) is 0 Å². The fraction of sp³-hybridized carbons (Fsp3) is 1.00. The van der Waals surface area contributed by atoms with Crippen LogP contribution in [0.5, 0.6) is 0 Å². The molecule has 0 heterocycles. The summed E-state index contributed by atoms with van der Waals surface area (Å²) in [6, 6.07) is 0. The van der Waals surface area contributed by atoms with E-state index in [4.69, 9.17) is 0 Å². The van der Waals surface area contributed by atoms with E-state index in [0.29, 0.717) is 5.41 Å². The highest BCUT2D eigenvalue weighted by Gasteiger charge is 2.41. The molecule has 12 heavy (non-hydrogen) atoms. The molecule has 72 valence electrons. The molecule has 1 rings (SSSR count). The summed E-state index contributed by atoms with van der Waals surface area (Å²) in [5.74, 6) is 2.18. The first-order valence-electron chi connectivity index (χ1n) is 4.77. The van der Waals surface area contributed by atoms with Gasteiger partial charge in [-0.25, -0.2) is 0 Å². The SMILES string of the molecule is CC(C)C(C)SCC1(CBr)CC1. The molecule has 0 saturated heterocycles. The molecular weight excluding hydrogens is 232 g/mol. The highest BCUT2D eigenvalue weighted by atomic mass is 79.9. The van der Waals surface area contributed by atoms with E-state index >= 15 is 0 Å². The van der Waals surface area contributed by atoms with Gasteiger partial charge in [0.2, 0.25) is 0 Å². The Hall–Kier alpha value is 0.830. The second-order valence-corrected chi connectivity index (χ2v) is 6.32. The number of hydrogen-bond acceptors (Lipinski definition) is 1. The summed E-state index contributed by atoms with van der Waals surface area (Å²) in [6.07, 6.45) is 2.88.